The number of rotatable bonds is 7. The first kappa shape index (κ1) is 13.4. The summed E-state index contributed by atoms with van der Waals surface area (Å²) in [6.45, 7) is 4.28. The third-order valence-corrected chi connectivity index (χ3v) is 3.11. The van der Waals surface area contributed by atoms with Crippen molar-refractivity contribution in [3.8, 4) is 6.07 Å². The molecule has 0 aromatic heterocycles. The Morgan fingerprint density at radius 1 is 1.56 bits per heavy atom. The highest BCUT2D eigenvalue weighted by molar-refractivity contribution is 5.02. The van der Waals surface area contributed by atoms with E-state index in [1.54, 1.807) is 0 Å². The lowest BCUT2D eigenvalue weighted by molar-refractivity contribution is 0.0402. The van der Waals surface area contributed by atoms with Gasteiger partial charge in [0, 0.05) is 13.2 Å². The van der Waals surface area contributed by atoms with E-state index in [4.69, 9.17) is 14.7 Å². The molecule has 0 bridgehead atoms. The second-order valence-corrected chi connectivity index (χ2v) is 4.51. The maximum atomic E-state index is 8.95. The molecule has 1 N–H and O–H groups in total. The van der Waals surface area contributed by atoms with Crippen LogP contribution in [0.1, 0.15) is 32.6 Å². The van der Waals surface area contributed by atoms with Crippen LogP contribution in [0.3, 0.4) is 0 Å². The second kappa shape index (κ2) is 6.85. The van der Waals surface area contributed by atoms with Gasteiger partial charge in [-0.15, -0.1) is 0 Å². The van der Waals surface area contributed by atoms with Crippen molar-refractivity contribution < 1.29 is 9.47 Å². The number of hydrogen-bond donors (Lipinski definition) is 1. The van der Waals surface area contributed by atoms with Gasteiger partial charge >= 0.3 is 0 Å². The van der Waals surface area contributed by atoms with Gasteiger partial charge in [-0.25, -0.2) is 0 Å². The van der Waals surface area contributed by atoms with Gasteiger partial charge in [-0.05, 0) is 39.7 Å². The summed E-state index contributed by atoms with van der Waals surface area (Å²) in [6.07, 6.45) is 4.21. The fraction of sp³-hybridized carbons (Fsp3) is 0.917. The summed E-state index contributed by atoms with van der Waals surface area (Å²) >= 11 is 0. The smallest absolute Gasteiger partial charge is 0.103 e. The molecular formula is C12H22N2O2. The van der Waals surface area contributed by atoms with E-state index in [1.165, 1.54) is 0 Å². The molecule has 0 amide bonds. The number of unbranched alkanes of at least 4 members (excludes halogenated alkanes) is 1. The zero-order chi connectivity index (χ0) is 11.9. The molecule has 1 saturated heterocycles. The summed E-state index contributed by atoms with van der Waals surface area (Å²) in [7, 11) is 1.83. The first-order chi connectivity index (χ1) is 7.70. The second-order valence-electron chi connectivity index (χ2n) is 4.51. The van der Waals surface area contributed by atoms with Crippen molar-refractivity contribution in [2.75, 3.05) is 26.9 Å². The molecule has 2 atom stereocenters. The van der Waals surface area contributed by atoms with Crippen molar-refractivity contribution in [3.05, 3.63) is 0 Å². The summed E-state index contributed by atoms with van der Waals surface area (Å²) in [4.78, 5) is 0. The lowest BCUT2D eigenvalue weighted by atomic mass is 9.97. The van der Waals surface area contributed by atoms with Crippen LogP contribution in [0.25, 0.3) is 0 Å². The van der Waals surface area contributed by atoms with Crippen LogP contribution in [0.2, 0.25) is 0 Å². The largest absolute Gasteiger partial charge is 0.379 e. The molecule has 0 radical (unpaired) electrons. The number of nitrogens with one attached hydrogen (secondary N) is 1. The average molecular weight is 226 g/mol. The Labute approximate surface area is 97.9 Å². The molecule has 1 heterocycles. The maximum Gasteiger partial charge on any atom is 0.103 e. The summed E-state index contributed by atoms with van der Waals surface area (Å²) < 4.78 is 10.9. The molecule has 0 saturated carbocycles. The van der Waals surface area contributed by atoms with E-state index in [1.807, 2.05) is 14.0 Å². The van der Waals surface area contributed by atoms with Gasteiger partial charge in [-0.2, -0.15) is 5.26 Å². The summed E-state index contributed by atoms with van der Waals surface area (Å²) in [6, 6.07) is 2.29. The van der Waals surface area contributed by atoms with Gasteiger partial charge in [0.25, 0.3) is 0 Å². The minimum atomic E-state index is -0.392. The molecule has 16 heavy (non-hydrogen) atoms. The highest BCUT2D eigenvalue weighted by Crippen LogP contribution is 2.13. The van der Waals surface area contributed by atoms with Crippen molar-refractivity contribution in [2.24, 2.45) is 0 Å². The third-order valence-electron chi connectivity index (χ3n) is 3.11. The standard InChI is InChI=1S/C12H22N2O2/c1-12(10-13,14-2)6-3-4-7-16-11-5-8-15-9-11/h11,14H,3-9H2,1-2H3. The van der Waals surface area contributed by atoms with Gasteiger partial charge in [-0.1, -0.05) is 0 Å². The molecule has 0 aliphatic carbocycles. The Bertz CT molecular complexity index is 234. The van der Waals surface area contributed by atoms with Crippen LogP contribution >= 0.6 is 0 Å². The molecule has 2 unspecified atom stereocenters. The lowest BCUT2D eigenvalue weighted by Crippen LogP contribution is -2.37. The summed E-state index contributed by atoms with van der Waals surface area (Å²) in [5.41, 5.74) is -0.392. The number of hydrogen-bond acceptors (Lipinski definition) is 4. The van der Waals surface area contributed by atoms with Crippen LogP contribution in [0.4, 0.5) is 0 Å². The first-order valence-electron chi connectivity index (χ1n) is 6.00. The fourth-order valence-electron chi connectivity index (χ4n) is 1.71. The van der Waals surface area contributed by atoms with E-state index in [-0.39, 0.29) is 0 Å². The van der Waals surface area contributed by atoms with Gasteiger partial charge in [0.15, 0.2) is 0 Å². The fourth-order valence-corrected chi connectivity index (χ4v) is 1.71. The van der Waals surface area contributed by atoms with Crippen molar-refractivity contribution in [2.45, 2.75) is 44.2 Å². The van der Waals surface area contributed by atoms with Gasteiger partial charge in [-0.3, -0.25) is 0 Å². The van der Waals surface area contributed by atoms with E-state index < -0.39 is 5.54 Å². The highest BCUT2D eigenvalue weighted by atomic mass is 16.5. The Morgan fingerprint density at radius 3 is 2.94 bits per heavy atom. The van der Waals surface area contributed by atoms with E-state index >= 15 is 0 Å². The number of nitriles is 1. The third kappa shape index (κ3) is 4.48. The quantitative estimate of drug-likeness (QED) is 0.668. The van der Waals surface area contributed by atoms with Crippen LogP contribution in [-0.4, -0.2) is 38.5 Å². The Balaban J connectivity index is 2.01. The summed E-state index contributed by atoms with van der Waals surface area (Å²) in [5.74, 6) is 0. The Hall–Kier alpha value is -0.630. The van der Waals surface area contributed by atoms with E-state index in [0.717, 1.165) is 45.5 Å². The molecule has 1 aliphatic heterocycles. The monoisotopic (exact) mass is 226 g/mol. The molecule has 92 valence electrons. The number of nitrogens with zero attached hydrogens (tertiary/aromatic N) is 1. The van der Waals surface area contributed by atoms with E-state index in [2.05, 4.69) is 11.4 Å². The van der Waals surface area contributed by atoms with Crippen LogP contribution in [0, 0.1) is 11.3 Å². The first-order valence-corrected chi connectivity index (χ1v) is 6.00. The number of ether oxygens (including phenoxy) is 2. The van der Waals surface area contributed by atoms with Gasteiger partial charge in [0.2, 0.25) is 0 Å². The Kier molecular flexibility index (Phi) is 5.75. The minimum absolute atomic E-state index is 0.298. The minimum Gasteiger partial charge on any atom is -0.379 e. The van der Waals surface area contributed by atoms with Gasteiger partial charge in [0.05, 0.1) is 18.8 Å². The summed E-state index contributed by atoms with van der Waals surface area (Å²) in [5, 5.41) is 12.0. The average Bonchev–Trinajstić information content (AvgIpc) is 2.81. The van der Waals surface area contributed by atoms with Crippen LogP contribution < -0.4 is 5.32 Å². The zero-order valence-electron chi connectivity index (χ0n) is 10.3. The molecule has 4 heteroatoms. The molecule has 0 spiro atoms. The molecule has 0 aromatic rings. The zero-order valence-corrected chi connectivity index (χ0v) is 10.3. The topological polar surface area (TPSA) is 54.3 Å². The van der Waals surface area contributed by atoms with Crippen LogP contribution in [0.5, 0.6) is 0 Å². The predicted molar refractivity (Wildman–Crippen MR) is 62.1 cm³/mol. The maximum absolute atomic E-state index is 8.95. The van der Waals surface area contributed by atoms with Crippen molar-refractivity contribution >= 4 is 0 Å². The van der Waals surface area contributed by atoms with Crippen molar-refractivity contribution in [1.82, 2.24) is 5.32 Å². The molecule has 0 aromatic carbocycles. The Morgan fingerprint density at radius 2 is 2.38 bits per heavy atom. The van der Waals surface area contributed by atoms with E-state index in [9.17, 15) is 0 Å². The lowest BCUT2D eigenvalue weighted by Gasteiger charge is -2.20. The highest BCUT2D eigenvalue weighted by Gasteiger charge is 2.20. The van der Waals surface area contributed by atoms with Crippen LogP contribution in [-0.2, 0) is 9.47 Å². The molecule has 1 aliphatic rings. The molecule has 1 fully saturated rings. The van der Waals surface area contributed by atoms with E-state index in [0.29, 0.717) is 6.10 Å². The van der Waals surface area contributed by atoms with Crippen molar-refractivity contribution in [1.29, 1.82) is 5.26 Å². The van der Waals surface area contributed by atoms with Crippen molar-refractivity contribution in [3.63, 3.8) is 0 Å². The predicted octanol–water partition coefficient (Wildman–Crippen LogP) is 1.46. The normalized spacial score (nSPS) is 23.9. The molecular weight excluding hydrogens is 204 g/mol. The molecule has 4 nitrogen and oxygen atoms in total. The SMILES string of the molecule is CNC(C)(C#N)CCCCOC1CCOC1. The molecule has 1 rings (SSSR count). The van der Waals surface area contributed by atoms with Gasteiger partial charge < -0.3 is 14.8 Å². The van der Waals surface area contributed by atoms with Crippen LogP contribution in [0.15, 0.2) is 0 Å². The van der Waals surface area contributed by atoms with Gasteiger partial charge in [0.1, 0.15) is 5.54 Å².